The number of hydrogen-bond donors (Lipinski definition) is 0. The first-order valence-corrected chi connectivity index (χ1v) is 37.7. The largest absolute Gasteiger partial charge is 0.471 e. The van der Waals surface area contributed by atoms with E-state index >= 15 is 0 Å². The number of pyridine rings is 1. The van der Waals surface area contributed by atoms with Crippen molar-refractivity contribution in [2.45, 2.75) is 117 Å². The van der Waals surface area contributed by atoms with E-state index in [-0.39, 0.29) is 85.8 Å². The molecule has 0 amide bonds. The average Bonchev–Trinajstić information content (AvgIpc) is 1.75. The fraction of sp³-hybridized carbons (Fsp3) is 0.215. The third-order valence-electron chi connectivity index (χ3n) is 20.1. The van der Waals surface area contributed by atoms with E-state index in [0.717, 1.165) is 92.1 Å². The van der Waals surface area contributed by atoms with Crippen LogP contribution in [0.15, 0.2) is 218 Å². The fourth-order valence-electron chi connectivity index (χ4n) is 14.1. The van der Waals surface area contributed by atoms with Gasteiger partial charge in [0.2, 0.25) is 5.95 Å². The molecular weight excluding hydrogens is 2200 g/mol. The third kappa shape index (κ3) is 20.7. The van der Waals surface area contributed by atoms with Crippen LogP contribution in [-0.2, 0) is 112 Å². The summed E-state index contributed by atoms with van der Waals surface area (Å²) in [5.74, 6) is 4.39. The summed E-state index contributed by atoms with van der Waals surface area (Å²) in [6.07, 6.45) is 20.8. The Hall–Kier alpha value is -11.3. The van der Waals surface area contributed by atoms with Crippen LogP contribution < -0.4 is 4.74 Å². The molecule has 119 heavy (non-hydrogen) atoms. The van der Waals surface area contributed by atoms with Gasteiger partial charge in [0.15, 0.2) is 5.95 Å². The second-order valence-electron chi connectivity index (χ2n) is 29.7. The van der Waals surface area contributed by atoms with E-state index in [9.17, 15) is 4.79 Å². The Morgan fingerprint density at radius 3 is 1.76 bits per heavy atom. The Bertz CT molecular complexity index is 6210. The molecule has 0 spiro atoms. The first kappa shape index (κ1) is 91.6. The number of aromatic nitrogens is 19. The summed E-state index contributed by atoms with van der Waals surface area (Å²) in [6, 6.07) is 60.9. The van der Waals surface area contributed by atoms with Crippen molar-refractivity contribution in [3.8, 4) is 80.3 Å². The number of esters is 1. The number of rotatable bonds is 14. The molecule has 9 aromatic heterocycles. The molecule has 4 radical (unpaired) electrons. The van der Waals surface area contributed by atoms with Gasteiger partial charge < -0.3 is 37.1 Å². The fourth-order valence-corrected chi connectivity index (χ4v) is 14.1. The molecule has 8 aromatic carbocycles. The van der Waals surface area contributed by atoms with Gasteiger partial charge in [-0.15, -0.1) is 125 Å². The van der Waals surface area contributed by atoms with Gasteiger partial charge in [-0.25, -0.2) is 19.1 Å². The molecule has 17 rings (SSSR count). The van der Waals surface area contributed by atoms with Gasteiger partial charge in [0, 0.05) is 165 Å². The second-order valence-corrected chi connectivity index (χ2v) is 29.7. The topological polar surface area (TPSA) is 229 Å². The minimum atomic E-state index is -0.470. The molecule has 17 aromatic rings. The van der Waals surface area contributed by atoms with Gasteiger partial charge in [-0.1, -0.05) is 118 Å². The number of nitrogens with zero attached hydrogens (tertiary/aromatic N) is 19. The van der Waals surface area contributed by atoms with Crippen molar-refractivity contribution in [2.24, 2.45) is 19.5 Å². The molecule has 0 aliphatic carbocycles. The molecule has 22 nitrogen and oxygen atoms in total. The van der Waals surface area contributed by atoms with E-state index in [4.69, 9.17) is 9.15 Å². The molecule has 0 unspecified atom stereocenters. The predicted molar refractivity (Wildman–Crippen MR) is 448 cm³/mol. The van der Waals surface area contributed by atoms with Gasteiger partial charge in [0.1, 0.15) is 29.6 Å². The van der Waals surface area contributed by atoms with Gasteiger partial charge in [0.25, 0.3) is 0 Å². The third-order valence-corrected chi connectivity index (χ3v) is 20.1. The average molecular weight is 2290 g/mol. The van der Waals surface area contributed by atoms with E-state index in [0.29, 0.717) is 34.6 Å². The maximum Gasteiger partial charge on any atom is 0.329 e. The zero-order valence-corrected chi connectivity index (χ0v) is 78.8. The Balaban J connectivity index is 0.000000173. The van der Waals surface area contributed by atoms with Crippen LogP contribution in [-0.4, -0.2) is 99.1 Å². The van der Waals surface area contributed by atoms with Crippen LogP contribution in [0.3, 0.4) is 0 Å². The van der Waals surface area contributed by atoms with Crippen LogP contribution in [0.5, 0.6) is 5.75 Å². The van der Waals surface area contributed by atoms with Crippen LogP contribution in [0.4, 0.5) is 0 Å². The first-order chi connectivity index (χ1) is 55.3. The van der Waals surface area contributed by atoms with Crippen LogP contribution in [0, 0.1) is 112 Å². The van der Waals surface area contributed by atoms with Gasteiger partial charge in [-0.2, -0.15) is 15.3 Å². The molecule has 0 saturated carbocycles. The summed E-state index contributed by atoms with van der Waals surface area (Å²) in [5, 5.41) is 31.3. The number of carbonyl (C=O) groups excluding carboxylic acids is 1. The molecular formula is C93H90Ir4N19O3-5. The summed E-state index contributed by atoms with van der Waals surface area (Å²) in [5.41, 5.74) is 26.2. The normalized spacial score (nSPS) is 10.8. The smallest absolute Gasteiger partial charge is 0.329 e. The Morgan fingerprint density at radius 1 is 0.555 bits per heavy atom. The second kappa shape index (κ2) is 40.4. The van der Waals surface area contributed by atoms with Crippen LogP contribution >= 0.6 is 0 Å². The van der Waals surface area contributed by atoms with Crippen LogP contribution in [0.25, 0.3) is 96.4 Å². The van der Waals surface area contributed by atoms with Crippen LogP contribution in [0.1, 0.15) is 106 Å². The molecule has 0 bridgehead atoms. The zero-order chi connectivity index (χ0) is 81.4. The number of furan rings is 1. The van der Waals surface area contributed by atoms with Gasteiger partial charge in [0.05, 0.1) is 28.9 Å². The number of carbonyl (C=O) groups is 1. The van der Waals surface area contributed by atoms with Crippen molar-refractivity contribution in [3.05, 3.63) is 322 Å². The minimum absolute atomic E-state index is 0. The van der Waals surface area contributed by atoms with Crippen molar-refractivity contribution in [1.82, 2.24) is 93.2 Å². The maximum absolute atomic E-state index is 11.7. The van der Waals surface area contributed by atoms with E-state index in [1.807, 2.05) is 121 Å². The van der Waals surface area contributed by atoms with Crippen molar-refractivity contribution >= 4 is 27.9 Å². The van der Waals surface area contributed by atoms with Crippen LogP contribution in [0.2, 0.25) is 0 Å². The summed E-state index contributed by atoms with van der Waals surface area (Å²) < 4.78 is 24.5. The standard InChI is InChI=1S/C30H23N2O.C22H23N4O2.C20H23N4.C11H12N7.C10H9N2.4Ir/c1-20-17-22(19-24-11-8-13-26-25-12-6-7-14-27(25)33-29(24)26)18-21(2)28(20)32-16-15-31-30(32)23-9-4-3-5-10-23;1-12(2)22(27)28-19-10-8-18(9-11-19)21-23-24-25-26(21)20-16(6)14(4)13(3)15(5)17(20)7;1-14-9-16(11-20(3,4)5)10-15(2)18(14)24-13-22-23-19(24)17-7-6-8-21-12-17;1-8-9(2)16(3)11(15-8)18-10(12-7-14-18)17-6-4-5-13-17;1-12-8-7-11-10(12)9-5-3-2-4-6-9;;;;/h3-9,11-18H,19H2,1-2H3;8,10-11H,1H2,2-7H3;6,8-10,12-13H,11H2,1-5H3;4-5,7H,1-3H3;2-5,7-8H,1H3;;;;/q5*-1;;;;. The van der Waals surface area contributed by atoms with E-state index in [1.54, 1.807) is 77.7 Å². The Kier molecular flexibility index (Phi) is 31.1. The Morgan fingerprint density at radius 2 is 1.17 bits per heavy atom. The monoisotopic (exact) mass is 2290 g/mol. The summed E-state index contributed by atoms with van der Waals surface area (Å²) in [6.45, 7) is 35.1. The molecule has 0 N–H and O–H groups in total. The van der Waals surface area contributed by atoms with Crippen molar-refractivity contribution in [2.75, 3.05) is 0 Å². The molecule has 26 heteroatoms. The summed E-state index contributed by atoms with van der Waals surface area (Å²) in [7, 11) is 3.92. The summed E-state index contributed by atoms with van der Waals surface area (Å²) in [4.78, 5) is 33.3. The predicted octanol–water partition coefficient (Wildman–Crippen LogP) is 18.4. The molecule has 0 atom stereocenters. The van der Waals surface area contributed by atoms with Gasteiger partial charge >= 0.3 is 5.97 Å². The van der Waals surface area contributed by atoms with E-state index < -0.39 is 5.97 Å². The number of benzene rings is 8. The van der Waals surface area contributed by atoms with Crippen molar-refractivity contribution < 1.29 is 94.4 Å². The quantitative estimate of drug-likeness (QED) is 0.0427. The number of fused-ring (bicyclic) bond motifs is 3. The SMILES string of the molecule is C=C(C)C(=O)Oc1c[c-]c(-c2nnnn2-c2c(C)c(C)c(C)c(C)c2C)cc1.Cc1cc(CC(C)(C)C)cc(C)c1-n1cnnc1-c1[c-]ccnc1.Cc1cc(Cc2cccc3c2oc2ccccc23)cc(C)c1-n1ccnc1-c1[c-]cccc1.Cc1nc(-n2ncnc2-n2[c-]ccn2)n(C)c1C.Cn1ccnc1-c1[c-]cccc1.[Ir].[Ir].[Ir].[Ir]. The van der Waals surface area contributed by atoms with Gasteiger partial charge in [-0.05, 0) is 178 Å². The summed E-state index contributed by atoms with van der Waals surface area (Å²) >= 11 is 0. The first-order valence-electron chi connectivity index (χ1n) is 37.7. The van der Waals surface area contributed by atoms with Crippen molar-refractivity contribution in [1.29, 1.82) is 0 Å². The molecule has 0 aliphatic rings. The molecule has 0 saturated heterocycles. The van der Waals surface area contributed by atoms with Crippen molar-refractivity contribution in [3.63, 3.8) is 0 Å². The van der Waals surface area contributed by atoms with E-state index in [2.05, 4.69) is 240 Å². The molecule has 616 valence electrons. The van der Waals surface area contributed by atoms with E-state index in [1.165, 1.54) is 83.1 Å². The zero-order valence-electron chi connectivity index (χ0n) is 69.2. The molecule has 9 heterocycles. The minimum Gasteiger partial charge on any atom is -0.471 e. The maximum atomic E-state index is 11.7. The van der Waals surface area contributed by atoms with Gasteiger partial charge in [-0.3, -0.25) is 20.1 Å². The number of ether oxygens (including phenoxy) is 1. The number of imidazole rings is 3. The number of aryl methyl sites for hydroxylation is 6. The number of hydrogen-bond acceptors (Lipinski definition) is 15. The number of tetrazole rings is 1. The Labute approximate surface area is 748 Å². The number of para-hydroxylation sites is 2. The molecule has 0 fully saturated rings. The molecule has 0 aliphatic heterocycles.